The van der Waals surface area contributed by atoms with E-state index in [1.165, 1.54) is 13.3 Å². The van der Waals surface area contributed by atoms with Crippen LogP contribution in [-0.4, -0.2) is 41.1 Å². The van der Waals surface area contributed by atoms with Gasteiger partial charge in [-0.15, -0.1) is 0 Å². The minimum atomic E-state index is -0.883. The number of aromatic amines is 1. The number of amides is 1. The Morgan fingerprint density at radius 2 is 1.82 bits per heavy atom. The highest BCUT2D eigenvalue weighted by atomic mass is 35.5. The Bertz CT molecular complexity index is 1260. The number of methoxy groups -OCH3 is 1. The molecule has 4 rings (SSSR count). The molecular formula is C31H37ClN2O4. The molecule has 202 valence electrons. The average Bonchev–Trinajstić information content (AvgIpc) is 3.27. The molecule has 1 unspecified atom stereocenters. The first-order chi connectivity index (χ1) is 18.4. The van der Waals surface area contributed by atoms with E-state index in [1.54, 1.807) is 24.1 Å². The molecule has 1 aromatic heterocycles. The number of nitrogens with zero attached hydrogens (tertiary/aromatic N) is 1. The first-order valence-corrected chi connectivity index (χ1v) is 13.9. The van der Waals surface area contributed by atoms with Crippen molar-refractivity contribution in [2.75, 3.05) is 13.7 Å². The van der Waals surface area contributed by atoms with Crippen LogP contribution in [-0.2, 0) is 20.9 Å². The molecule has 1 fully saturated rings. The molecule has 1 aliphatic rings. The molecule has 0 aliphatic heterocycles. The van der Waals surface area contributed by atoms with Crippen molar-refractivity contribution in [3.05, 3.63) is 70.4 Å². The van der Waals surface area contributed by atoms with Crippen LogP contribution in [0.4, 0.5) is 0 Å². The maximum atomic E-state index is 14.2. The van der Waals surface area contributed by atoms with Gasteiger partial charge in [-0.2, -0.15) is 0 Å². The van der Waals surface area contributed by atoms with Crippen LogP contribution >= 0.6 is 11.6 Å². The summed E-state index contributed by atoms with van der Waals surface area (Å²) in [7, 11) is 1.61. The van der Waals surface area contributed by atoms with E-state index in [2.05, 4.69) is 4.98 Å². The van der Waals surface area contributed by atoms with Crippen LogP contribution in [0, 0.1) is 5.92 Å². The number of ketones is 2. The second-order valence-corrected chi connectivity index (χ2v) is 10.8. The Kier molecular flexibility index (Phi) is 9.75. The summed E-state index contributed by atoms with van der Waals surface area (Å²) in [5, 5.41) is 1.27. The maximum Gasteiger partial charge on any atom is 0.220 e. The zero-order valence-corrected chi connectivity index (χ0v) is 23.1. The number of nitrogens with one attached hydrogen (secondary N) is 1. The molecule has 6 nitrogen and oxygen atoms in total. The van der Waals surface area contributed by atoms with Crippen LogP contribution in [0.15, 0.2) is 48.5 Å². The molecule has 0 spiro atoms. The minimum absolute atomic E-state index is 0.0233. The van der Waals surface area contributed by atoms with Crippen molar-refractivity contribution in [1.82, 2.24) is 9.88 Å². The van der Waals surface area contributed by atoms with Gasteiger partial charge in [0.15, 0.2) is 11.6 Å². The van der Waals surface area contributed by atoms with Crippen molar-refractivity contribution in [2.45, 2.75) is 70.9 Å². The van der Waals surface area contributed by atoms with Gasteiger partial charge in [0, 0.05) is 61.5 Å². The van der Waals surface area contributed by atoms with E-state index in [1.807, 2.05) is 36.4 Å². The van der Waals surface area contributed by atoms with Crippen LogP contribution in [0.1, 0.15) is 85.9 Å². The monoisotopic (exact) mass is 536 g/mol. The molecule has 3 aromatic rings. The Balaban J connectivity index is 1.83. The second kappa shape index (κ2) is 13.2. The van der Waals surface area contributed by atoms with Gasteiger partial charge in [-0.05, 0) is 30.0 Å². The molecule has 0 saturated heterocycles. The van der Waals surface area contributed by atoms with Gasteiger partial charge in [-0.1, -0.05) is 80.1 Å². The maximum absolute atomic E-state index is 14.2. The largest absolute Gasteiger partial charge is 0.385 e. The number of Topliss-reactive ketones (excluding diaryl/α,β-unsaturated/α-hetero) is 2. The fourth-order valence-corrected chi connectivity index (χ4v) is 5.81. The number of halogens is 1. The van der Waals surface area contributed by atoms with E-state index in [0.29, 0.717) is 47.2 Å². The standard InChI is InChI=1S/C31H37ClN2O4/c1-21(35)34(20-23-12-7-4-8-13-23)31(28(37)18-22-10-5-3-6-11-22)29-25-16-15-24(32)19-26(25)33-30(29)27(36)14-9-17-38-2/h4,7-8,12-13,15-16,19,22,31,33H,3,5-6,9-11,14,17-18,20H2,1-2H3. The number of benzene rings is 2. The minimum Gasteiger partial charge on any atom is -0.385 e. The lowest BCUT2D eigenvalue weighted by atomic mass is 9.83. The van der Waals surface area contributed by atoms with E-state index >= 15 is 0 Å². The predicted molar refractivity (Wildman–Crippen MR) is 150 cm³/mol. The number of carbonyl (C=O) groups is 3. The van der Waals surface area contributed by atoms with Crippen LogP contribution in [0.2, 0.25) is 5.02 Å². The van der Waals surface area contributed by atoms with E-state index < -0.39 is 6.04 Å². The molecule has 0 radical (unpaired) electrons. The van der Waals surface area contributed by atoms with Crippen molar-refractivity contribution in [3.63, 3.8) is 0 Å². The molecule has 1 amide bonds. The summed E-state index contributed by atoms with van der Waals surface area (Å²) in [6.45, 7) is 2.23. The molecule has 38 heavy (non-hydrogen) atoms. The Labute approximate surface area is 229 Å². The summed E-state index contributed by atoms with van der Waals surface area (Å²) < 4.78 is 5.15. The molecule has 7 heteroatoms. The van der Waals surface area contributed by atoms with E-state index in [9.17, 15) is 14.4 Å². The summed E-state index contributed by atoms with van der Waals surface area (Å²) in [5.41, 5.74) is 2.56. The highest BCUT2D eigenvalue weighted by Crippen LogP contribution is 2.38. The van der Waals surface area contributed by atoms with Crippen LogP contribution in [0.5, 0.6) is 0 Å². The van der Waals surface area contributed by atoms with E-state index in [-0.39, 0.29) is 30.4 Å². The lowest BCUT2D eigenvalue weighted by Gasteiger charge is -2.32. The van der Waals surface area contributed by atoms with Crippen molar-refractivity contribution >= 4 is 40.0 Å². The SMILES string of the molecule is COCCCC(=O)c1[nH]c2cc(Cl)ccc2c1C(C(=O)CC1CCCCC1)N(Cc1ccccc1)C(C)=O. The summed E-state index contributed by atoms with van der Waals surface area (Å²) >= 11 is 6.30. The molecule has 1 saturated carbocycles. The highest BCUT2D eigenvalue weighted by Gasteiger charge is 2.36. The molecule has 1 heterocycles. The third kappa shape index (κ3) is 6.72. The Morgan fingerprint density at radius 3 is 2.50 bits per heavy atom. The van der Waals surface area contributed by atoms with Crippen LogP contribution in [0.3, 0.4) is 0 Å². The van der Waals surface area contributed by atoms with Gasteiger partial charge in [0.1, 0.15) is 6.04 Å². The predicted octanol–water partition coefficient (Wildman–Crippen LogP) is 7.06. The smallest absolute Gasteiger partial charge is 0.220 e. The van der Waals surface area contributed by atoms with Gasteiger partial charge in [-0.25, -0.2) is 0 Å². The van der Waals surface area contributed by atoms with Gasteiger partial charge in [0.2, 0.25) is 5.91 Å². The van der Waals surface area contributed by atoms with Gasteiger partial charge in [0.25, 0.3) is 0 Å². The first-order valence-electron chi connectivity index (χ1n) is 13.6. The fraction of sp³-hybridized carbons (Fsp3) is 0.452. The summed E-state index contributed by atoms with van der Waals surface area (Å²) in [6, 6.07) is 14.2. The number of fused-ring (bicyclic) bond motifs is 1. The van der Waals surface area contributed by atoms with Crippen molar-refractivity contribution in [2.24, 2.45) is 5.92 Å². The van der Waals surface area contributed by atoms with Crippen LogP contribution in [0.25, 0.3) is 10.9 Å². The van der Waals surface area contributed by atoms with Gasteiger partial charge < -0.3 is 14.6 Å². The molecule has 1 N–H and O–H groups in total. The molecule has 0 bridgehead atoms. The first kappa shape index (κ1) is 28.1. The number of rotatable bonds is 12. The molecular weight excluding hydrogens is 500 g/mol. The number of hydrogen-bond donors (Lipinski definition) is 1. The molecule has 2 aromatic carbocycles. The third-order valence-corrected chi connectivity index (χ3v) is 7.77. The second-order valence-electron chi connectivity index (χ2n) is 10.3. The summed E-state index contributed by atoms with van der Waals surface area (Å²) in [4.78, 5) is 45.9. The normalized spacial score (nSPS) is 14.9. The van der Waals surface area contributed by atoms with Gasteiger partial charge in [0.05, 0.1) is 5.69 Å². The Morgan fingerprint density at radius 1 is 1.08 bits per heavy atom. The quantitative estimate of drug-likeness (QED) is 0.198. The van der Waals surface area contributed by atoms with E-state index in [4.69, 9.17) is 16.3 Å². The average molecular weight is 537 g/mol. The zero-order valence-electron chi connectivity index (χ0n) is 22.3. The zero-order chi connectivity index (χ0) is 27.1. The third-order valence-electron chi connectivity index (χ3n) is 7.54. The highest BCUT2D eigenvalue weighted by molar-refractivity contribution is 6.31. The summed E-state index contributed by atoms with van der Waals surface area (Å²) in [6.07, 6.45) is 6.70. The Hall–Kier alpha value is -2.96. The van der Waals surface area contributed by atoms with E-state index in [0.717, 1.165) is 36.6 Å². The fourth-order valence-electron chi connectivity index (χ4n) is 5.64. The number of aromatic nitrogens is 1. The van der Waals surface area contributed by atoms with Gasteiger partial charge >= 0.3 is 0 Å². The topological polar surface area (TPSA) is 79.5 Å². The number of ether oxygens (including phenoxy) is 1. The van der Waals surface area contributed by atoms with Crippen molar-refractivity contribution in [1.29, 1.82) is 0 Å². The number of H-pyrrole nitrogens is 1. The number of hydrogen-bond acceptors (Lipinski definition) is 4. The molecule has 1 aliphatic carbocycles. The van der Waals surface area contributed by atoms with Gasteiger partial charge in [-0.3, -0.25) is 14.4 Å². The van der Waals surface area contributed by atoms with Crippen molar-refractivity contribution < 1.29 is 19.1 Å². The number of carbonyl (C=O) groups excluding carboxylic acids is 3. The van der Waals surface area contributed by atoms with Crippen molar-refractivity contribution in [3.8, 4) is 0 Å². The summed E-state index contributed by atoms with van der Waals surface area (Å²) in [5.74, 6) is -0.0467. The molecule has 1 atom stereocenters. The lowest BCUT2D eigenvalue weighted by Crippen LogP contribution is -2.38. The van der Waals surface area contributed by atoms with Crippen LogP contribution < -0.4 is 0 Å². The lowest BCUT2D eigenvalue weighted by molar-refractivity contribution is -0.139.